The Morgan fingerprint density at radius 3 is 1.39 bits per heavy atom. The van der Waals surface area contributed by atoms with E-state index in [1.807, 2.05) is 0 Å². The lowest BCUT2D eigenvalue weighted by Gasteiger charge is -2.33. The summed E-state index contributed by atoms with van der Waals surface area (Å²) in [5.74, 6) is 0. The highest BCUT2D eigenvalue weighted by Crippen LogP contribution is 2.55. The first-order valence-electron chi connectivity index (χ1n) is 17.7. The van der Waals surface area contributed by atoms with Crippen molar-refractivity contribution >= 4 is 5.69 Å². The largest absolute Gasteiger partial charge is 0.192 e. The van der Waals surface area contributed by atoms with E-state index in [1.54, 1.807) is 12.6 Å². The summed E-state index contributed by atoms with van der Waals surface area (Å²) in [7, 11) is 1.78. The van der Waals surface area contributed by atoms with Crippen LogP contribution >= 0.6 is 0 Å². The van der Waals surface area contributed by atoms with Crippen molar-refractivity contribution in [2.45, 2.75) is 167 Å². The number of azo groups is 1. The molecule has 2 aromatic carbocycles. The van der Waals surface area contributed by atoms with E-state index in [2.05, 4.69) is 67.4 Å². The Labute approximate surface area is 254 Å². The van der Waals surface area contributed by atoms with Gasteiger partial charge in [0.05, 0.1) is 5.69 Å². The van der Waals surface area contributed by atoms with Gasteiger partial charge in [0, 0.05) is 12.5 Å². The summed E-state index contributed by atoms with van der Waals surface area (Å²) >= 11 is 0. The lowest BCUT2D eigenvalue weighted by Crippen LogP contribution is -2.25. The number of hydrogen-bond acceptors (Lipinski definition) is 2. The molecule has 0 saturated carbocycles. The minimum atomic E-state index is 0.121. The van der Waals surface area contributed by atoms with Gasteiger partial charge in [-0.1, -0.05) is 172 Å². The predicted molar refractivity (Wildman–Crippen MR) is 181 cm³/mol. The summed E-state index contributed by atoms with van der Waals surface area (Å²) < 4.78 is 0. The summed E-state index contributed by atoms with van der Waals surface area (Å²) in [6.07, 6.45) is 30.4. The van der Waals surface area contributed by atoms with Crippen LogP contribution in [0.5, 0.6) is 0 Å². The maximum atomic E-state index is 4.47. The SMILES string of the molecule is CCCCCCCCCCCCC1(CCCCCCCCCCCC)c2cc(C)ccc2-c2ccc(N=NC)cc21. The summed E-state index contributed by atoms with van der Waals surface area (Å²) in [6.45, 7) is 6.88. The topological polar surface area (TPSA) is 24.7 Å². The van der Waals surface area contributed by atoms with Crippen LogP contribution in [-0.4, -0.2) is 7.05 Å². The van der Waals surface area contributed by atoms with Crippen LogP contribution in [0.1, 0.15) is 172 Å². The maximum Gasteiger partial charge on any atom is 0.0855 e. The molecule has 0 N–H and O–H groups in total. The second-order valence-electron chi connectivity index (χ2n) is 13.0. The lowest BCUT2D eigenvalue weighted by molar-refractivity contribution is 0.396. The highest BCUT2D eigenvalue weighted by molar-refractivity contribution is 5.82. The Balaban J connectivity index is 1.65. The molecule has 228 valence electrons. The molecule has 1 aliphatic rings. The van der Waals surface area contributed by atoms with E-state index in [0.29, 0.717) is 0 Å². The van der Waals surface area contributed by atoms with Crippen LogP contribution < -0.4 is 0 Å². The monoisotopic (exact) mass is 558 g/mol. The van der Waals surface area contributed by atoms with Crippen LogP contribution in [-0.2, 0) is 5.41 Å². The zero-order valence-corrected chi connectivity index (χ0v) is 27.4. The number of nitrogens with zero attached hydrogens (tertiary/aromatic N) is 2. The third kappa shape index (κ3) is 10.4. The molecular weight excluding hydrogens is 496 g/mol. The average Bonchev–Trinajstić information content (AvgIpc) is 3.23. The van der Waals surface area contributed by atoms with E-state index < -0.39 is 0 Å². The van der Waals surface area contributed by atoms with E-state index in [-0.39, 0.29) is 5.41 Å². The Kier molecular flexibility index (Phi) is 15.8. The predicted octanol–water partition coefficient (Wildman–Crippen LogP) is 13.6. The number of aryl methyl sites for hydroxylation is 1. The zero-order chi connectivity index (χ0) is 29.2. The van der Waals surface area contributed by atoms with Crippen LogP contribution in [0.4, 0.5) is 5.69 Å². The fourth-order valence-corrected chi connectivity index (χ4v) is 7.27. The second kappa shape index (κ2) is 19.3. The van der Waals surface area contributed by atoms with Gasteiger partial charge in [0.1, 0.15) is 0 Å². The van der Waals surface area contributed by atoms with Gasteiger partial charge in [-0.05, 0) is 54.2 Å². The van der Waals surface area contributed by atoms with Gasteiger partial charge in [0.25, 0.3) is 0 Å². The molecule has 0 saturated heterocycles. The van der Waals surface area contributed by atoms with Gasteiger partial charge in [-0.25, -0.2) is 0 Å². The molecule has 3 rings (SSSR count). The van der Waals surface area contributed by atoms with Crippen LogP contribution in [0.15, 0.2) is 46.6 Å². The van der Waals surface area contributed by atoms with Crippen LogP contribution in [0, 0.1) is 6.92 Å². The number of hydrogen-bond donors (Lipinski definition) is 0. The van der Waals surface area contributed by atoms with Gasteiger partial charge >= 0.3 is 0 Å². The number of unbranched alkanes of at least 4 members (excludes halogenated alkanes) is 18. The van der Waals surface area contributed by atoms with Crippen molar-refractivity contribution in [1.82, 2.24) is 0 Å². The standard InChI is InChI=1S/C39H62N2/c1-5-7-9-11-13-15-17-19-21-23-29-39(30-24-22-20-18-16-14-12-10-8-6-2)37-31-33(3)25-27-35(37)36-28-26-34(41-40-4)32-38(36)39/h25-28,31-32H,5-24,29-30H2,1-4H3. The molecule has 41 heavy (non-hydrogen) atoms. The molecule has 0 aromatic heterocycles. The van der Waals surface area contributed by atoms with Gasteiger partial charge in [-0.15, -0.1) is 0 Å². The third-order valence-corrected chi connectivity index (χ3v) is 9.63. The second-order valence-corrected chi connectivity index (χ2v) is 13.0. The molecule has 0 aliphatic heterocycles. The van der Waals surface area contributed by atoms with E-state index in [1.165, 1.54) is 164 Å². The highest BCUT2D eigenvalue weighted by atomic mass is 15.1. The van der Waals surface area contributed by atoms with Crippen LogP contribution in [0.3, 0.4) is 0 Å². The molecule has 0 spiro atoms. The Morgan fingerprint density at radius 1 is 0.512 bits per heavy atom. The number of fused-ring (bicyclic) bond motifs is 3. The normalized spacial score (nSPS) is 13.7. The molecular formula is C39H62N2. The third-order valence-electron chi connectivity index (χ3n) is 9.63. The van der Waals surface area contributed by atoms with Gasteiger partial charge in [0.2, 0.25) is 0 Å². The van der Waals surface area contributed by atoms with Crippen molar-refractivity contribution in [3.05, 3.63) is 53.1 Å². The molecule has 2 nitrogen and oxygen atoms in total. The lowest BCUT2D eigenvalue weighted by atomic mass is 9.70. The van der Waals surface area contributed by atoms with E-state index in [4.69, 9.17) is 0 Å². The van der Waals surface area contributed by atoms with Crippen LogP contribution in [0.2, 0.25) is 0 Å². The summed E-state index contributed by atoms with van der Waals surface area (Å²) in [5, 5.41) is 8.59. The van der Waals surface area contributed by atoms with E-state index in [9.17, 15) is 0 Å². The van der Waals surface area contributed by atoms with Crippen molar-refractivity contribution in [2.24, 2.45) is 10.2 Å². The smallest absolute Gasteiger partial charge is 0.0855 e. The molecule has 0 radical (unpaired) electrons. The maximum absolute atomic E-state index is 4.47. The quantitative estimate of drug-likeness (QED) is 0.0957. The highest BCUT2D eigenvalue weighted by Gasteiger charge is 2.42. The molecule has 0 heterocycles. The Morgan fingerprint density at radius 2 is 0.927 bits per heavy atom. The first kappa shape index (κ1) is 33.5. The van der Waals surface area contributed by atoms with Crippen molar-refractivity contribution in [1.29, 1.82) is 0 Å². The van der Waals surface area contributed by atoms with Crippen molar-refractivity contribution < 1.29 is 0 Å². The van der Waals surface area contributed by atoms with Gasteiger partial charge < -0.3 is 0 Å². The fraction of sp³-hybridized carbons (Fsp3) is 0.692. The Hall–Kier alpha value is -1.96. The Bertz CT molecular complexity index is 996. The van der Waals surface area contributed by atoms with Crippen molar-refractivity contribution in [3.8, 4) is 11.1 Å². The molecule has 0 bridgehead atoms. The zero-order valence-electron chi connectivity index (χ0n) is 27.4. The molecule has 0 atom stereocenters. The summed E-state index contributed by atoms with van der Waals surface area (Å²) in [4.78, 5) is 0. The first-order valence-corrected chi connectivity index (χ1v) is 17.7. The first-order chi connectivity index (χ1) is 20.2. The van der Waals surface area contributed by atoms with Gasteiger partial charge in [-0.3, -0.25) is 0 Å². The van der Waals surface area contributed by atoms with Gasteiger partial charge in [0.15, 0.2) is 0 Å². The average molecular weight is 559 g/mol. The summed E-state index contributed by atoms with van der Waals surface area (Å²) in [6, 6.07) is 14.1. The van der Waals surface area contributed by atoms with Crippen LogP contribution in [0.25, 0.3) is 11.1 Å². The van der Waals surface area contributed by atoms with E-state index >= 15 is 0 Å². The molecule has 0 amide bonds. The fourth-order valence-electron chi connectivity index (χ4n) is 7.27. The molecule has 0 fully saturated rings. The van der Waals surface area contributed by atoms with Crippen molar-refractivity contribution in [3.63, 3.8) is 0 Å². The molecule has 2 aromatic rings. The number of rotatable bonds is 23. The molecule has 1 aliphatic carbocycles. The van der Waals surface area contributed by atoms with E-state index in [0.717, 1.165) is 5.69 Å². The van der Waals surface area contributed by atoms with Gasteiger partial charge in [-0.2, -0.15) is 10.2 Å². The minimum absolute atomic E-state index is 0.121. The molecule has 0 unspecified atom stereocenters. The minimum Gasteiger partial charge on any atom is -0.192 e. The summed E-state index contributed by atoms with van der Waals surface area (Å²) in [5.41, 5.74) is 8.53. The number of benzene rings is 2. The molecule has 2 heteroatoms. The van der Waals surface area contributed by atoms with Crippen molar-refractivity contribution in [2.75, 3.05) is 7.05 Å².